The lowest BCUT2D eigenvalue weighted by molar-refractivity contribution is 0.357. The van der Waals surface area contributed by atoms with Gasteiger partial charge in [-0.15, -0.1) is 11.8 Å². The van der Waals surface area contributed by atoms with Gasteiger partial charge in [0.15, 0.2) is 0 Å². The van der Waals surface area contributed by atoms with Gasteiger partial charge in [-0.25, -0.2) is 9.97 Å². The summed E-state index contributed by atoms with van der Waals surface area (Å²) in [4.78, 5) is 9.24. The van der Waals surface area contributed by atoms with Crippen LogP contribution < -0.4 is 0 Å². The van der Waals surface area contributed by atoms with Crippen molar-refractivity contribution in [2.45, 2.75) is 49.8 Å². The molecule has 1 atom stereocenters. The van der Waals surface area contributed by atoms with Gasteiger partial charge in [0.1, 0.15) is 5.82 Å². The van der Waals surface area contributed by atoms with Crippen LogP contribution >= 0.6 is 40.3 Å². The molecule has 0 saturated heterocycles. The summed E-state index contributed by atoms with van der Waals surface area (Å²) in [6, 6.07) is 2.00. The van der Waals surface area contributed by atoms with Crippen LogP contribution in [0.5, 0.6) is 0 Å². The predicted molar refractivity (Wildman–Crippen MR) is 99.1 cm³/mol. The fraction of sp³-hybridized carbons (Fsp3) is 0.714. The van der Waals surface area contributed by atoms with Gasteiger partial charge in [-0.05, 0) is 38.5 Å². The van der Waals surface area contributed by atoms with Crippen molar-refractivity contribution in [2.24, 2.45) is 0 Å². The van der Waals surface area contributed by atoms with Crippen molar-refractivity contribution in [1.82, 2.24) is 9.97 Å². The first-order valence-electron chi connectivity index (χ1n) is 7.55. The number of rotatable bonds is 10. The lowest BCUT2D eigenvalue weighted by Crippen LogP contribution is -1.99. The second kappa shape index (κ2) is 8.97. The zero-order chi connectivity index (χ0) is 16.0. The number of nitrogens with zero attached hydrogens (tertiary/aromatic N) is 2. The molecule has 0 amide bonds. The van der Waals surface area contributed by atoms with E-state index in [4.69, 9.17) is 4.52 Å². The SMILES string of the molecule is CCCSP(=O)(OCC)SCc1cc(SC)nc(C2CC2)n1. The third-order valence-corrected chi connectivity index (χ3v) is 11.2. The fourth-order valence-electron chi connectivity index (χ4n) is 1.81. The number of hydrogen-bond donors (Lipinski definition) is 0. The first-order chi connectivity index (χ1) is 10.6. The Morgan fingerprint density at radius 1 is 1.32 bits per heavy atom. The summed E-state index contributed by atoms with van der Waals surface area (Å²) in [5.74, 6) is 0.277. The van der Waals surface area contributed by atoms with Crippen LogP contribution in [0.15, 0.2) is 11.1 Å². The van der Waals surface area contributed by atoms with Gasteiger partial charge in [-0.3, -0.25) is 4.57 Å². The van der Waals surface area contributed by atoms with Gasteiger partial charge >= 0.3 is 5.77 Å². The van der Waals surface area contributed by atoms with E-state index in [1.807, 2.05) is 19.2 Å². The Morgan fingerprint density at radius 3 is 2.68 bits per heavy atom. The minimum atomic E-state index is -2.68. The van der Waals surface area contributed by atoms with E-state index >= 15 is 0 Å². The maximum absolute atomic E-state index is 12.8. The van der Waals surface area contributed by atoms with Crippen molar-refractivity contribution in [3.05, 3.63) is 17.6 Å². The first kappa shape index (κ1) is 18.7. The lowest BCUT2D eigenvalue weighted by atomic mass is 10.3. The van der Waals surface area contributed by atoms with Crippen LogP contribution in [0.3, 0.4) is 0 Å². The second-order valence-electron chi connectivity index (χ2n) is 5.01. The first-order valence-corrected chi connectivity index (χ1v) is 13.6. The Balaban J connectivity index is 2.05. The van der Waals surface area contributed by atoms with Crippen molar-refractivity contribution in [1.29, 1.82) is 0 Å². The Kier molecular flexibility index (Phi) is 7.61. The molecule has 0 aliphatic heterocycles. The molecular weight excluding hydrogens is 355 g/mol. The molecule has 1 saturated carbocycles. The summed E-state index contributed by atoms with van der Waals surface area (Å²) in [7, 11) is 0. The lowest BCUT2D eigenvalue weighted by Gasteiger charge is -2.16. The van der Waals surface area contributed by atoms with E-state index < -0.39 is 5.77 Å². The topological polar surface area (TPSA) is 52.1 Å². The van der Waals surface area contributed by atoms with Crippen LogP contribution in [-0.4, -0.2) is 28.6 Å². The van der Waals surface area contributed by atoms with E-state index in [1.54, 1.807) is 11.8 Å². The van der Waals surface area contributed by atoms with Gasteiger partial charge in [0.25, 0.3) is 0 Å². The largest absolute Gasteiger partial charge is 0.314 e. The van der Waals surface area contributed by atoms with E-state index in [9.17, 15) is 4.57 Å². The van der Waals surface area contributed by atoms with Gasteiger partial charge in [-0.2, -0.15) is 0 Å². The van der Waals surface area contributed by atoms with Crippen LogP contribution in [0, 0.1) is 0 Å². The highest BCUT2D eigenvalue weighted by Crippen LogP contribution is 2.70. The molecule has 1 aliphatic carbocycles. The zero-order valence-corrected chi connectivity index (χ0v) is 16.6. The number of thioether (sulfide) groups is 1. The number of hydrogen-bond acceptors (Lipinski definition) is 7. The Morgan fingerprint density at radius 2 is 2.09 bits per heavy atom. The molecule has 22 heavy (non-hydrogen) atoms. The summed E-state index contributed by atoms with van der Waals surface area (Å²) in [5.41, 5.74) is 0.961. The Hall–Kier alpha value is 0.320. The molecule has 1 aromatic rings. The average molecular weight is 379 g/mol. The van der Waals surface area contributed by atoms with Crippen LogP contribution in [0.2, 0.25) is 0 Å². The van der Waals surface area contributed by atoms with Crippen LogP contribution in [0.1, 0.15) is 50.5 Å². The highest BCUT2D eigenvalue weighted by atomic mass is 33.1. The molecule has 0 spiro atoms. The predicted octanol–water partition coefficient (Wildman–Crippen LogP) is 5.60. The van der Waals surface area contributed by atoms with E-state index in [2.05, 4.69) is 16.9 Å². The van der Waals surface area contributed by atoms with E-state index in [0.29, 0.717) is 18.3 Å². The summed E-state index contributed by atoms with van der Waals surface area (Å²) >= 11 is 4.48. The average Bonchev–Trinajstić information content (AvgIpc) is 3.36. The van der Waals surface area contributed by atoms with Crippen molar-refractivity contribution >= 4 is 40.3 Å². The molecule has 4 nitrogen and oxygen atoms in total. The normalized spacial score (nSPS) is 17.4. The molecule has 1 fully saturated rings. The third kappa shape index (κ3) is 5.75. The molecule has 0 radical (unpaired) electrons. The second-order valence-corrected chi connectivity index (χ2v) is 13.3. The molecule has 0 aromatic carbocycles. The van der Waals surface area contributed by atoms with Gasteiger partial charge in [0.05, 0.1) is 17.3 Å². The zero-order valence-electron chi connectivity index (χ0n) is 13.3. The highest BCUT2D eigenvalue weighted by Gasteiger charge is 2.28. The van der Waals surface area contributed by atoms with Crippen molar-refractivity contribution in [2.75, 3.05) is 18.6 Å². The summed E-state index contributed by atoms with van der Waals surface area (Å²) in [6.07, 6.45) is 5.40. The quantitative estimate of drug-likeness (QED) is 0.298. The van der Waals surface area contributed by atoms with Crippen LogP contribution in [-0.2, 0) is 14.8 Å². The molecule has 0 N–H and O–H groups in total. The summed E-state index contributed by atoms with van der Waals surface area (Å²) in [5, 5.41) is 1.000. The summed E-state index contributed by atoms with van der Waals surface area (Å²) < 4.78 is 18.3. The standard InChI is InChI=1S/C14H23N2O2PS3/c1-4-8-21-19(17,18-5-2)22-10-12-9-13(20-3)16-14(15-12)11-6-7-11/h9,11H,4-8,10H2,1-3H3. The van der Waals surface area contributed by atoms with E-state index in [1.165, 1.54) is 35.6 Å². The number of aromatic nitrogens is 2. The smallest absolute Gasteiger partial charge is 0.313 e. The molecule has 1 heterocycles. The molecule has 1 unspecified atom stereocenters. The van der Waals surface area contributed by atoms with Gasteiger partial charge < -0.3 is 4.52 Å². The molecule has 8 heteroatoms. The van der Waals surface area contributed by atoms with E-state index in [-0.39, 0.29) is 0 Å². The molecular formula is C14H23N2O2PS3. The maximum Gasteiger partial charge on any atom is 0.313 e. The van der Waals surface area contributed by atoms with Crippen molar-refractivity contribution in [3.8, 4) is 0 Å². The van der Waals surface area contributed by atoms with Crippen LogP contribution in [0.4, 0.5) is 0 Å². The molecule has 0 bridgehead atoms. The third-order valence-electron chi connectivity index (χ3n) is 3.04. The van der Waals surface area contributed by atoms with Crippen LogP contribution in [0.25, 0.3) is 0 Å². The molecule has 1 aromatic heterocycles. The summed E-state index contributed by atoms with van der Waals surface area (Å²) in [6.45, 7) is 4.46. The van der Waals surface area contributed by atoms with Crippen molar-refractivity contribution in [3.63, 3.8) is 0 Å². The maximum atomic E-state index is 12.8. The minimum Gasteiger partial charge on any atom is -0.314 e. The Bertz CT molecular complexity index is 541. The van der Waals surface area contributed by atoms with E-state index in [0.717, 1.165) is 28.7 Å². The monoisotopic (exact) mass is 378 g/mol. The highest BCUT2D eigenvalue weighted by molar-refractivity contribution is 8.89. The molecule has 2 rings (SSSR count). The Labute approximate surface area is 145 Å². The van der Waals surface area contributed by atoms with Crippen molar-refractivity contribution < 1.29 is 9.09 Å². The molecule has 1 aliphatic rings. The molecule has 124 valence electrons. The van der Waals surface area contributed by atoms with Gasteiger partial charge in [0.2, 0.25) is 0 Å². The minimum absolute atomic E-state index is 0.480. The fourth-order valence-corrected chi connectivity index (χ4v) is 8.84. The van der Waals surface area contributed by atoms with Gasteiger partial charge in [-0.1, -0.05) is 29.7 Å². The van der Waals surface area contributed by atoms with Gasteiger partial charge in [0, 0.05) is 17.4 Å².